The van der Waals surface area contributed by atoms with E-state index in [0.717, 1.165) is 6.07 Å². The minimum Gasteiger partial charge on any atom is -0.337 e. The molecule has 2 atom stereocenters. The first-order valence-electron chi connectivity index (χ1n) is 7.41. The molecule has 1 saturated heterocycles. The summed E-state index contributed by atoms with van der Waals surface area (Å²) in [6, 6.07) is 6.23. The largest absolute Gasteiger partial charge is 0.337 e. The topological polar surface area (TPSA) is 58.4 Å². The summed E-state index contributed by atoms with van der Waals surface area (Å²) in [7, 11) is 1.76. The lowest BCUT2D eigenvalue weighted by molar-refractivity contribution is 0.0634. The smallest absolute Gasteiger partial charge is 0.270 e. The fourth-order valence-corrected chi connectivity index (χ4v) is 3.50. The zero-order valence-corrected chi connectivity index (χ0v) is 12.5. The van der Waals surface area contributed by atoms with Crippen LogP contribution in [0.15, 0.2) is 36.7 Å². The molecule has 2 aromatic rings. The summed E-state index contributed by atoms with van der Waals surface area (Å²) < 4.78 is 15.2. The van der Waals surface area contributed by atoms with Gasteiger partial charge in [-0.25, -0.2) is 4.98 Å². The van der Waals surface area contributed by atoms with Crippen molar-refractivity contribution in [2.45, 2.75) is 12.1 Å². The van der Waals surface area contributed by atoms with Gasteiger partial charge in [-0.05, 0) is 18.2 Å². The van der Waals surface area contributed by atoms with Gasteiger partial charge < -0.3 is 14.4 Å². The molecule has 23 heavy (non-hydrogen) atoms. The van der Waals surface area contributed by atoms with Gasteiger partial charge in [-0.1, -0.05) is 0 Å². The maximum Gasteiger partial charge on any atom is 0.270 e. The van der Waals surface area contributed by atoms with Gasteiger partial charge in [0.1, 0.15) is 5.69 Å². The van der Waals surface area contributed by atoms with E-state index in [2.05, 4.69) is 4.98 Å². The molecule has 0 N–H and O–H groups in total. The Morgan fingerprint density at radius 3 is 2.87 bits per heavy atom. The number of likely N-dealkylation sites (N-methyl/N-ethyl adjacent to an activating group) is 1. The first-order valence-corrected chi connectivity index (χ1v) is 7.41. The number of amides is 2. The Morgan fingerprint density at radius 2 is 2.09 bits per heavy atom. The predicted molar refractivity (Wildman–Crippen MR) is 79.4 cm³/mol. The van der Waals surface area contributed by atoms with E-state index in [4.69, 9.17) is 0 Å². The fourth-order valence-electron chi connectivity index (χ4n) is 3.50. The van der Waals surface area contributed by atoms with Crippen molar-refractivity contribution >= 4 is 11.8 Å². The molecular formula is C16H15FN4O2. The molecule has 0 aliphatic carbocycles. The molecule has 0 radical (unpaired) electrons. The van der Waals surface area contributed by atoms with E-state index < -0.39 is 5.95 Å². The zero-order chi connectivity index (χ0) is 16.1. The molecule has 0 bridgehead atoms. The van der Waals surface area contributed by atoms with E-state index >= 15 is 0 Å². The third-order valence-electron chi connectivity index (χ3n) is 4.69. The Hall–Kier alpha value is -2.70. The number of aromatic nitrogens is 2. The van der Waals surface area contributed by atoms with Crippen molar-refractivity contribution in [3.63, 3.8) is 0 Å². The summed E-state index contributed by atoms with van der Waals surface area (Å²) in [4.78, 5) is 31.8. The van der Waals surface area contributed by atoms with Crippen LogP contribution in [0.2, 0.25) is 0 Å². The third-order valence-corrected chi connectivity index (χ3v) is 4.69. The zero-order valence-electron chi connectivity index (χ0n) is 12.5. The number of rotatable bonds is 1. The van der Waals surface area contributed by atoms with E-state index in [-0.39, 0.29) is 29.5 Å². The van der Waals surface area contributed by atoms with E-state index in [9.17, 15) is 14.0 Å². The van der Waals surface area contributed by atoms with Gasteiger partial charge in [-0.15, -0.1) is 0 Å². The van der Waals surface area contributed by atoms with Crippen molar-refractivity contribution in [1.29, 1.82) is 0 Å². The van der Waals surface area contributed by atoms with Crippen LogP contribution in [0.3, 0.4) is 0 Å². The van der Waals surface area contributed by atoms with Gasteiger partial charge in [0.15, 0.2) is 0 Å². The number of pyridine rings is 1. The van der Waals surface area contributed by atoms with Gasteiger partial charge in [-0.2, -0.15) is 4.39 Å². The van der Waals surface area contributed by atoms with Crippen LogP contribution >= 0.6 is 0 Å². The molecule has 0 aromatic carbocycles. The maximum absolute atomic E-state index is 13.2. The van der Waals surface area contributed by atoms with Crippen LogP contribution in [-0.4, -0.2) is 57.3 Å². The molecule has 0 saturated carbocycles. The van der Waals surface area contributed by atoms with E-state index in [1.165, 1.54) is 12.3 Å². The van der Waals surface area contributed by atoms with Crippen molar-refractivity contribution in [2.75, 3.05) is 20.1 Å². The van der Waals surface area contributed by atoms with Crippen molar-refractivity contribution in [3.05, 3.63) is 53.9 Å². The van der Waals surface area contributed by atoms with E-state index in [0.29, 0.717) is 18.8 Å². The molecule has 4 heterocycles. The van der Waals surface area contributed by atoms with Crippen LogP contribution in [-0.2, 0) is 0 Å². The van der Waals surface area contributed by atoms with Crippen molar-refractivity contribution < 1.29 is 14.0 Å². The molecule has 2 aromatic heterocycles. The van der Waals surface area contributed by atoms with E-state index in [1.807, 2.05) is 16.8 Å². The Kier molecular flexibility index (Phi) is 2.97. The van der Waals surface area contributed by atoms with Gasteiger partial charge >= 0.3 is 0 Å². The monoisotopic (exact) mass is 314 g/mol. The Bertz CT molecular complexity index is 803. The molecule has 0 spiro atoms. The SMILES string of the molecule is CN1C(=O)c2cccn2[C@H]2CN(C(=O)c3ccnc(F)c3)C[C@@H]21. The van der Waals surface area contributed by atoms with Crippen LogP contribution in [0.5, 0.6) is 0 Å². The lowest BCUT2D eigenvalue weighted by Gasteiger charge is -2.35. The number of fused-ring (bicyclic) bond motifs is 3. The average Bonchev–Trinajstić information content (AvgIpc) is 3.18. The second kappa shape index (κ2) is 4.91. The van der Waals surface area contributed by atoms with Crippen LogP contribution in [0.4, 0.5) is 4.39 Å². The van der Waals surface area contributed by atoms with Gasteiger partial charge in [0.05, 0.1) is 12.1 Å². The summed E-state index contributed by atoms with van der Waals surface area (Å²) >= 11 is 0. The molecule has 6 nitrogen and oxygen atoms in total. The first-order chi connectivity index (χ1) is 11.1. The van der Waals surface area contributed by atoms with Crippen LogP contribution in [0, 0.1) is 5.95 Å². The number of hydrogen-bond acceptors (Lipinski definition) is 3. The number of halogens is 1. The summed E-state index contributed by atoms with van der Waals surface area (Å²) in [5.41, 5.74) is 0.913. The molecular weight excluding hydrogens is 299 g/mol. The normalized spacial score (nSPS) is 23.0. The maximum atomic E-state index is 13.2. The van der Waals surface area contributed by atoms with Crippen LogP contribution in [0.1, 0.15) is 26.9 Å². The number of nitrogens with zero attached hydrogens (tertiary/aromatic N) is 4. The van der Waals surface area contributed by atoms with Crippen LogP contribution < -0.4 is 0 Å². The third kappa shape index (κ3) is 2.03. The number of likely N-dealkylation sites (tertiary alicyclic amines) is 1. The highest BCUT2D eigenvalue weighted by Gasteiger charge is 2.44. The number of carbonyl (C=O) groups is 2. The number of hydrogen-bond donors (Lipinski definition) is 0. The van der Waals surface area contributed by atoms with Crippen LogP contribution in [0.25, 0.3) is 0 Å². The second-order valence-electron chi connectivity index (χ2n) is 5.93. The lowest BCUT2D eigenvalue weighted by Crippen LogP contribution is -2.48. The fraction of sp³-hybridized carbons (Fsp3) is 0.312. The quantitative estimate of drug-likeness (QED) is 0.743. The Balaban J connectivity index is 1.64. The van der Waals surface area contributed by atoms with Crippen molar-refractivity contribution in [3.8, 4) is 0 Å². The van der Waals surface area contributed by atoms with Crippen molar-refractivity contribution in [2.24, 2.45) is 0 Å². The Labute approximate surface area is 132 Å². The highest BCUT2D eigenvalue weighted by atomic mass is 19.1. The second-order valence-corrected chi connectivity index (χ2v) is 5.93. The molecule has 1 fully saturated rings. The standard InChI is InChI=1S/C16H15FN4O2/c1-19-12-8-20(15(22)10-4-5-18-14(17)7-10)9-13(12)21-6-2-3-11(21)16(19)23/h2-7,12-13H,8-9H2,1H3/t12-,13-/m0/s1. The molecule has 118 valence electrons. The van der Waals surface area contributed by atoms with Gasteiger partial charge in [0.2, 0.25) is 5.95 Å². The molecule has 2 aliphatic heterocycles. The molecule has 2 aliphatic rings. The number of carbonyl (C=O) groups excluding carboxylic acids is 2. The summed E-state index contributed by atoms with van der Waals surface area (Å²) in [5.74, 6) is -0.955. The summed E-state index contributed by atoms with van der Waals surface area (Å²) in [6.07, 6.45) is 3.16. The van der Waals surface area contributed by atoms with E-state index in [1.54, 1.807) is 22.9 Å². The molecule has 2 amide bonds. The summed E-state index contributed by atoms with van der Waals surface area (Å²) in [5, 5.41) is 0. The summed E-state index contributed by atoms with van der Waals surface area (Å²) in [6.45, 7) is 0.931. The average molecular weight is 314 g/mol. The minimum absolute atomic E-state index is 0.0262. The molecule has 4 rings (SSSR count). The van der Waals surface area contributed by atoms with Crippen molar-refractivity contribution in [1.82, 2.24) is 19.4 Å². The Morgan fingerprint density at radius 1 is 1.30 bits per heavy atom. The van der Waals surface area contributed by atoms with Gasteiger partial charge in [-0.3, -0.25) is 9.59 Å². The predicted octanol–water partition coefficient (Wildman–Crippen LogP) is 1.17. The lowest BCUT2D eigenvalue weighted by atomic mass is 10.1. The van der Waals surface area contributed by atoms with Gasteiger partial charge in [0, 0.05) is 44.2 Å². The van der Waals surface area contributed by atoms with Gasteiger partial charge in [0.25, 0.3) is 11.8 Å². The minimum atomic E-state index is -0.674. The molecule has 7 heteroatoms. The highest BCUT2D eigenvalue weighted by Crippen LogP contribution is 2.33. The molecule has 0 unspecified atom stereocenters. The first kappa shape index (κ1) is 13.9. The highest BCUT2D eigenvalue weighted by molar-refractivity contribution is 5.96.